The van der Waals surface area contributed by atoms with Crippen LogP contribution in [-0.4, -0.2) is 72.1 Å². The largest absolute Gasteiger partial charge is 0.300 e. The van der Waals surface area contributed by atoms with Gasteiger partial charge in [-0.2, -0.15) is 0 Å². The summed E-state index contributed by atoms with van der Waals surface area (Å²) in [7, 11) is 0. The van der Waals surface area contributed by atoms with Gasteiger partial charge < -0.3 is 0 Å². The quantitative estimate of drug-likeness (QED) is 0.783. The SMILES string of the molecule is CC(C)C(C)CN1CC(N2CCN(C(C)(C)C)CC2)C1. The lowest BCUT2D eigenvalue weighted by molar-refractivity contribution is -0.0198. The number of hydrogen-bond acceptors (Lipinski definition) is 3. The third-order valence-electron chi connectivity index (χ3n) is 5.40. The van der Waals surface area contributed by atoms with Crippen LogP contribution in [0.25, 0.3) is 0 Å². The van der Waals surface area contributed by atoms with Crippen molar-refractivity contribution in [2.24, 2.45) is 11.8 Å². The molecule has 0 aromatic heterocycles. The molecule has 0 aromatic rings. The maximum absolute atomic E-state index is 2.72. The van der Waals surface area contributed by atoms with Gasteiger partial charge in [0.15, 0.2) is 0 Å². The summed E-state index contributed by atoms with van der Waals surface area (Å²) in [6.07, 6.45) is 0. The molecule has 0 radical (unpaired) electrons. The molecule has 2 aliphatic rings. The van der Waals surface area contributed by atoms with Crippen molar-refractivity contribution in [2.45, 2.75) is 53.1 Å². The molecule has 118 valence electrons. The molecule has 1 unspecified atom stereocenters. The maximum Gasteiger partial charge on any atom is 0.0351 e. The molecule has 2 rings (SSSR count). The van der Waals surface area contributed by atoms with Crippen LogP contribution in [0.1, 0.15) is 41.5 Å². The average Bonchev–Trinajstić information content (AvgIpc) is 2.32. The Bertz CT molecular complexity index is 294. The van der Waals surface area contributed by atoms with Gasteiger partial charge in [0.1, 0.15) is 0 Å². The monoisotopic (exact) mass is 281 g/mol. The number of nitrogens with zero attached hydrogens (tertiary/aromatic N) is 3. The molecule has 0 saturated carbocycles. The molecule has 2 fully saturated rings. The highest BCUT2D eigenvalue weighted by molar-refractivity contribution is 4.92. The van der Waals surface area contributed by atoms with E-state index in [9.17, 15) is 0 Å². The van der Waals surface area contributed by atoms with Crippen LogP contribution >= 0.6 is 0 Å². The third-order valence-corrected chi connectivity index (χ3v) is 5.40. The predicted molar refractivity (Wildman–Crippen MR) is 87.1 cm³/mol. The summed E-state index contributed by atoms with van der Waals surface area (Å²) < 4.78 is 0. The maximum atomic E-state index is 2.72. The van der Waals surface area contributed by atoms with Crippen LogP contribution in [0.2, 0.25) is 0 Å². The lowest BCUT2D eigenvalue weighted by Gasteiger charge is -2.50. The molecule has 0 amide bonds. The fraction of sp³-hybridized carbons (Fsp3) is 1.00. The zero-order valence-electron chi connectivity index (χ0n) is 14.5. The van der Waals surface area contributed by atoms with E-state index in [2.05, 4.69) is 56.2 Å². The van der Waals surface area contributed by atoms with Gasteiger partial charge in [-0.1, -0.05) is 20.8 Å². The van der Waals surface area contributed by atoms with Gasteiger partial charge in [-0.3, -0.25) is 14.7 Å². The van der Waals surface area contributed by atoms with E-state index < -0.39 is 0 Å². The van der Waals surface area contributed by atoms with Gasteiger partial charge in [0.05, 0.1) is 0 Å². The molecule has 2 saturated heterocycles. The molecular formula is C17H35N3. The Hall–Kier alpha value is -0.120. The fourth-order valence-corrected chi connectivity index (χ4v) is 3.30. The summed E-state index contributed by atoms with van der Waals surface area (Å²) in [6, 6.07) is 0.830. The minimum Gasteiger partial charge on any atom is -0.300 e. The first-order valence-corrected chi connectivity index (χ1v) is 8.49. The molecule has 1 atom stereocenters. The van der Waals surface area contributed by atoms with Crippen molar-refractivity contribution in [3.05, 3.63) is 0 Å². The van der Waals surface area contributed by atoms with Gasteiger partial charge in [-0.15, -0.1) is 0 Å². The lowest BCUT2D eigenvalue weighted by atomic mass is 9.95. The van der Waals surface area contributed by atoms with Crippen molar-refractivity contribution in [3.63, 3.8) is 0 Å². The van der Waals surface area contributed by atoms with E-state index in [-0.39, 0.29) is 0 Å². The van der Waals surface area contributed by atoms with Crippen LogP contribution in [0.15, 0.2) is 0 Å². The molecule has 0 bridgehead atoms. The van der Waals surface area contributed by atoms with Crippen LogP contribution < -0.4 is 0 Å². The molecule has 2 aliphatic heterocycles. The zero-order valence-corrected chi connectivity index (χ0v) is 14.5. The van der Waals surface area contributed by atoms with Crippen molar-refractivity contribution in [1.82, 2.24) is 14.7 Å². The number of piperazine rings is 1. The molecule has 20 heavy (non-hydrogen) atoms. The molecule has 0 spiro atoms. The highest BCUT2D eigenvalue weighted by atomic mass is 15.4. The highest BCUT2D eigenvalue weighted by Gasteiger charge is 2.35. The van der Waals surface area contributed by atoms with Crippen molar-refractivity contribution in [1.29, 1.82) is 0 Å². The van der Waals surface area contributed by atoms with Crippen LogP contribution in [0.4, 0.5) is 0 Å². The van der Waals surface area contributed by atoms with Crippen molar-refractivity contribution >= 4 is 0 Å². The predicted octanol–water partition coefficient (Wildman–Crippen LogP) is 2.38. The van der Waals surface area contributed by atoms with E-state index in [0.717, 1.165) is 17.9 Å². The van der Waals surface area contributed by atoms with Crippen molar-refractivity contribution in [3.8, 4) is 0 Å². The van der Waals surface area contributed by atoms with Crippen LogP contribution in [0.3, 0.4) is 0 Å². The molecular weight excluding hydrogens is 246 g/mol. The molecule has 0 N–H and O–H groups in total. The van der Waals surface area contributed by atoms with E-state index >= 15 is 0 Å². The first-order valence-electron chi connectivity index (χ1n) is 8.49. The molecule has 0 aliphatic carbocycles. The Kier molecular flexibility index (Phi) is 5.14. The number of hydrogen-bond donors (Lipinski definition) is 0. The van der Waals surface area contributed by atoms with Crippen molar-refractivity contribution in [2.75, 3.05) is 45.8 Å². The Morgan fingerprint density at radius 3 is 1.95 bits per heavy atom. The molecule has 3 nitrogen and oxygen atoms in total. The number of likely N-dealkylation sites (tertiary alicyclic amines) is 1. The van der Waals surface area contributed by atoms with E-state index in [1.165, 1.54) is 45.8 Å². The molecule has 3 heteroatoms. The fourth-order valence-electron chi connectivity index (χ4n) is 3.30. The Balaban J connectivity index is 1.68. The standard InChI is InChI=1S/C17H35N3/c1-14(2)15(3)11-18-12-16(13-18)19-7-9-20(10-8-19)17(4,5)6/h14-16H,7-13H2,1-6H3. The average molecular weight is 281 g/mol. The summed E-state index contributed by atoms with van der Waals surface area (Å²) in [5, 5.41) is 0. The summed E-state index contributed by atoms with van der Waals surface area (Å²) in [5.41, 5.74) is 0.338. The van der Waals surface area contributed by atoms with Gasteiger partial charge in [0.25, 0.3) is 0 Å². The van der Waals surface area contributed by atoms with Gasteiger partial charge in [0, 0.05) is 57.4 Å². The van der Waals surface area contributed by atoms with E-state index in [4.69, 9.17) is 0 Å². The summed E-state index contributed by atoms with van der Waals surface area (Å²) in [5.74, 6) is 1.64. The minimum atomic E-state index is 0.338. The first-order chi connectivity index (χ1) is 9.27. The summed E-state index contributed by atoms with van der Waals surface area (Å²) >= 11 is 0. The highest BCUT2D eigenvalue weighted by Crippen LogP contribution is 2.22. The van der Waals surface area contributed by atoms with Crippen LogP contribution in [-0.2, 0) is 0 Å². The van der Waals surface area contributed by atoms with Gasteiger partial charge in [-0.05, 0) is 32.6 Å². The van der Waals surface area contributed by atoms with E-state index in [0.29, 0.717) is 5.54 Å². The second-order valence-corrected chi connectivity index (χ2v) is 8.29. The Morgan fingerprint density at radius 1 is 0.950 bits per heavy atom. The summed E-state index contributed by atoms with van der Waals surface area (Å²) in [4.78, 5) is 7.99. The van der Waals surface area contributed by atoms with E-state index in [1.54, 1.807) is 0 Å². The zero-order chi connectivity index (χ0) is 14.9. The summed E-state index contributed by atoms with van der Waals surface area (Å²) in [6.45, 7) is 23.0. The Labute approximate surface area is 126 Å². The smallest absolute Gasteiger partial charge is 0.0351 e. The van der Waals surface area contributed by atoms with Gasteiger partial charge in [-0.25, -0.2) is 0 Å². The second kappa shape index (κ2) is 6.33. The second-order valence-electron chi connectivity index (χ2n) is 8.29. The Morgan fingerprint density at radius 2 is 1.50 bits per heavy atom. The molecule has 0 aromatic carbocycles. The normalized spacial score (nSPS) is 25.9. The molecule has 2 heterocycles. The third kappa shape index (κ3) is 3.96. The van der Waals surface area contributed by atoms with E-state index in [1.807, 2.05) is 0 Å². The van der Waals surface area contributed by atoms with Crippen molar-refractivity contribution < 1.29 is 0 Å². The van der Waals surface area contributed by atoms with Crippen LogP contribution in [0.5, 0.6) is 0 Å². The first kappa shape index (κ1) is 16.3. The van der Waals surface area contributed by atoms with Gasteiger partial charge in [0.2, 0.25) is 0 Å². The lowest BCUT2D eigenvalue weighted by Crippen LogP contribution is -2.64. The number of rotatable bonds is 4. The van der Waals surface area contributed by atoms with Gasteiger partial charge >= 0.3 is 0 Å². The minimum absolute atomic E-state index is 0.338. The van der Waals surface area contributed by atoms with Crippen LogP contribution in [0, 0.1) is 11.8 Å². The topological polar surface area (TPSA) is 9.72 Å².